The zero-order chi connectivity index (χ0) is 20.6. The molecule has 5 rings (SSSR count). The largest absolute Gasteiger partial charge is 0.388 e. The molecule has 0 spiro atoms. The molecular weight excluding hydrogens is 376 g/mol. The van der Waals surface area contributed by atoms with Crippen LogP contribution in [0.15, 0.2) is 79.1 Å². The molecule has 2 heterocycles. The number of rotatable bonds is 6. The van der Waals surface area contributed by atoms with E-state index in [0.717, 1.165) is 29.7 Å². The summed E-state index contributed by atoms with van der Waals surface area (Å²) in [6.07, 6.45) is 4.42. The summed E-state index contributed by atoms with van der Waals surface area (Å²) >= 11 is 0. The van der Waals surface area contributed by atoms with E-state index in [0.29, 0.717) is 17.8 Å². The number of fused-ring (bicyclic) bond motifs is 1. The Hall–Kier alpha value is -3.51. The van der Waals surface area contributed by atoms with Gasteiger partial charge >= 0.3 is 0 Å². The van der Waals surface area contributed by atoms with Crippen LogP contribution in [0.3, 0.4) is 0 Å². The first kappa shape index (κ1) is 18.5. The maximum Gasteiger partial charge on any atom is 0.256 e. The van der Waals surface area contributed by atoms with E-state index in [-0.39, 0.29) is 11.3 Å². The molecule has 1 aliphatic rings. The van der Waals surface area contributed by atoms with Gasteiger partial charge in [0.25, 0.3) is 5.91 Å². The number of carbonyl (C=O) groups is 1. The molecule has 150 valence electrons. The van der Waals surface area contributed by atoms with Gasteiger partial charge in [-0.25, -0.2) is 9.50 Å². The van der Waals surface area contributed by atoms with Gasteiger partial charge in [0.05, 0.1) is 18.0 Å². The number of benzene rings is 2. The summed E-state index contributed by atoms with van der Waals surface area (Å²) in [7, 11) is 0. The normalized spacial score (nSPS) is 15.6. The SMILES string of the molecule is O=C(NCC1(C(O)c2ccccc2)CC1)c1cnn2c(-c3ccccc3)ccnc12. The van der Waals surface area contributed by atoms with Gasteiger partial charge < -0.3 is 10.4 Å². The van der Waals surface area contributed by atoms with Gasteiger partial charge in [0, 0.05) is 23.7 Å². The smallest absolute Gasteiger partial charge is 0.256 e. The molecule has 0 radical (unpaired) electrons. The van der Waals surface area contributed by atoms with Gasteiger partial charge in [0.2, 0.25) is 0 Å². The van der Waals surface area contributed by atoms with E-state index in [1.807, 2.05) is 66.7 Å². The van der Waals surface area contributed by atoms with Crippen molar-refractivity contribution in [1.82, 2.24) is 19.9 Å². The number of aromatic nitrogens is 3. The summed E-state index contributed by atoms with van der Waals surface area (Å²) in [4.78, 5) is 17.3. The average molecular weight is 398 g/mol. The van der Waals surface area contributed by atoms with E-state index in [2.05, 4.69) is 15.4 Å². The van der Waals surface area contributed by atoms with Crippen molar-refractivity contribution in [2.24, 2.45) is 5.41 Å². The second-order valence-electron chi connectivity index (χ2n) is 7.85. The number of aliphatic hydroxyl groups is 1. The van der Waals surface area contributed by atoms with Crippen LogP contribution in [0.4, 0.5) is 0 Å². The van der Waals surface area contributed by atoms with Crippen molar-refractivity contribution in [2.45, 2.75) is 18.9 Å². The van der Waals surface area contributed by atoms with Crippen molar-refractivity contribution in [1.29, 1.82) is 0 Å². The van der Waals surface area contributed by atoms with Crippen LogP contribution < -0.4 is 5.32 Å². The second kappa shape index (κ2) is 7.39. The molecule has 2 aromatic heterocycles. The van der Waals surface area contributed by atoms with Crippen LogP contribution in [0.5, 0.6) is 0 Å². The third-order valence-electron chi connectivity index (χ3n) is 5.90. The minimum Gasteiger partial charge on any atom is -0.388 e. The van der Waals surface area contributed by atoms with Gasteiger partial charge in [-0.1, -0.05) is 60.7 Å². The van der Waals surface area contributed by atoms with Crippen LogP contribution >= 0.6 is 0 Å². The number of aliphatic hydroxyl groups excluding tert-OH is 1. The Morgan fingerprint density at radius 1 is 1.07 bits per heavy atom. The highest BCUT2D eigenvalue weighted by molar-refractivity contribution is 5.99. The fourth-order valence-electron chi connectivity index (χ4n) is 3.93. The Balaban J connectivity index is 1.36. The van der Waals surface area contributed by atoms with Crippen molar-refractivity contribution >= 4 is 11.6 Å². The molecule has 0 aliphatic heterocycles. The lowest BCUT2D eigenvalue weighted by Crippen LogP contribution is -2.33. The summed E-state index contributed by atoms with van der Waals surface area (Å²) in [6, 6.07) is 21.4. The van der Waals surface area contributed by atoms with E-state index in [4.69, 9.17) is 0 Å². The van der Waals surface area contributed by atoms with Crippen LogP contribution in [0, 0.1) is 5.41 Å². The molecule has 30 heavy (non-hydrogen) atoms. The summed E-state index contributed by atoms with van der Waals surface area (Å²) < 4.78 is 1.69. The maximum atomic E-state index is 12.9. The number of hydrogen-bond donors (Lipinski definition) is 2. The first-order chi connectivity index (χ1) is 14.7. The van der Waals surface area contributed by atoms with Crippen LogP contribution in [0.25, 0.3) is 16.9 Å². The predicted octanol–water partition coefficient (Wildman–Crippen LogP) is 3.64. The fourth-order valence-corrected chi connectivity index (χ4v) is 3.93. The Morgan fingerprint density at radius 3 is 2.47 bits per heavy atom. The van der Waals surface area contributed by atoms with Crippen molar-refractivity contribution in [2.75, 3.05) is 6.54 Å². The van der Waals surface area contributed by atoms with E-state index >= 15 is 0 Å². The Kier molecular flexibility index (Phi) is 4.56. The van der Waals surface area contributed by atoms with Crippen molar-refractivity contribution in [3.63, 3.8) is 0 Å². The molecule has 6 nitrogen and oxygen atoms in total. The molecule has 1 saturated carbocycles. The lowest BCUT2D eigenvalue weighted by Gasteiger charge is -2.23. The van der Waals surface area contributed by atoms with E-state index in [9.17, 15) is 9.90 Å². The molecule has 6 heteroatoms. The zero-order valence-electron chi connectivity index (χ0n) is 16.4. The number of nitrogens with zero attached hydrogens (tertiary/aromatic N) is 3. The molecule has 0 saturated heterocycles. The van der Waals surface area contributed by atoms with Crippen molar-refractivity contribution in [3.05, 3.63) is 90.3 Å². The molecular formula is C24H22N4O2. The number of carbonyl (C=O) groups excluding carboxylic acids is 1. The third kappa shape index (κ3) is 3.25. The van der Waals surface area contributed by atoms with Crippen molar-refractivity contribution < 1.29 is 9.90 Å². The molecule has 4 aromatic rings. The Morgan fingerprint density at radius 2 is 1.77 bits per heavy atom. The molecule has 1 aliphatic carbocycles. The van der Waals surface area contributed by atoms with Crippen LogP contribution in [0.2, 0.25) is 0 Å². The first-order valence-corrected chi connectivity index (χ1v) is 10.1. The van der Waals surface area contributed by atoms with E-state index in [1.165, 1.54) is 0 Å². The minimum absolute atomic E-state index is 0.228. The van der Waals surface area contributed by atoms with Crippen LogP contribution in [-0.4, -0.2) is 32.2 Å². The highest BCUT2D eigenvalue weighted by atomic mass is 16.3. The highest BCUT2D eigenvalue weighted by Gasteiger charge is 2.49. The van der Waals surface area contributed by atoms with Gasteiger partial charge in [-0.05, 0) is 24.5 Å². The number of nitrogens with one attached hydrogen (secondary N) is 1. The zero-order valence-corrected chi connectivity index (χ0v) is 16.4. The lowest BCUT2D eigenvalue weighted by molar-refractivity contribution is 0.0809. The molecule has 1 atom stereocenters. The average Bonchev–Trinajstić information content (AvgIpc) is 3.48. The molecule has 1 amide bonds. The van der Waals surface area contributed by atoms with Gasteiger partial charge in [0.1, 0.15) is 5.56 Å². The fraction of sp³-hybridized carbons (Fsp3) is 0.208. The molecule has 2 aromatic carbocycles. The summed E-state index contributed by atoms with van der Waals surface area (Å²) in [5.74, 6) is -0.228. The van der Waals surface area contributed by atoms with Gasteiger partial charge in [-0.15, -0.1) is 0 Å². The standard InChI is InChI=1S/C24H22N4O2/c29-21(18-9-5-2-6-10-18)24(12-13-24)16-26-23(30)19-15-27-28-20(11-14-25-22(19)28)17-7-3-1-4-8-17/h1-11,14-15,21,29H,12-13,16H2,(H,26,30). The van der Waals surface area contributed by atoms with Crippen LogP contribution in [0.1, 0.15) is 34.9 Å². The second-order valence-corrected chi connectivity index (χ2v) is 7.85. The van der Waals surface area contributed by atoms with Gasteiger partial charge in [-0.2, -0.15) is 5.10 Å². The molecule has 1 fully saturated rings. The lowest BCUT2D eigenvalue weighted by atomic mass is 9.92. The summed E-state index contributed by atoms with van der Waals surface area (Å²) in [5.41, 5.74) is 3.40. The monoisotopic (exact) mass is 398 g/mol. The maximum absolute atomic E-state index is 12.9. The summed E-state index contributed by atoms with van der Waals surface area (Å²) in [5, 5.41) is 18.2. The topological polar surface area (TPSA) is 79.5 Å². The van der Waals surface area contributed by atoms with Gasteiger partial charge in [-0.3, -0.25) is 4.79 Å². The highest BCUT2D eigenvalue weighted by Crippen LogP contribution is 2.54. The number of hydrogen-bond acceptors (Lipinski definition) is 4. The Bertz CT molecular complexity index is 1180. The van der Waals surface area contributed by atoms with Gasteiger partial charge in [0.15, 0.2) is 5.65 Å². The molecule has 0 bridgehead atoms. The summed E-state index contributed by atoms with van der Waals surface area (Å²) in [6.45, 7) is 0.414. The van der Waals surface area contributed by atoms with Crippen LogP contribution in [-0.2, 0) is 0 Å². The molecule has 1 unspecified atom stereocenters. The molecule has 2 N–H and O–H groups in total. The Labute approximate surface area is 174 Å². The quantitative estimate of drug-likeness (QED) is 0.520. The van der Waals surface area contributed by atoms with Crippen molar-refractivity contribution in [3.8, 4) is 11.3 Å². The minimum atomic E-state index is -0.592. The van der Waals surface area contributed by atoms with E-state index in [1.54, 1.807) is 16.9 Å². The van der Waals surface area contributed by atoms with E-state index < -0.39 is 6.10 Å². The third-order valence-corrected chi connectivity index (χ3v) is 5.90. The number of amides is 1. The predicted molar refractivity (Wildman–Crippen MR) is 114 cm³/mol. The first-order valence-electron chi connectivity index (χ1n) is 10.1.